The Bertz CT molecular complexity index is 194. The van der Waals surface area contributed by atoms with E-state index >= 15 is 0 Å². The van der Waals surface area contributed by atoms with Crippen molar-refractivity contribution in [3.8, 4) is 0 Å². The Labute approximate surface area is 86.0 Å². The van der Waals surface area contributed by atoms with E-state index in [2.05, 4.69) is 0 Å². The molecule has 1 aliphatic rings. The smallest absolute Gasteiger partial charge is 0.309 e. The molecule has 14 heavy (non-hydrogen) atoms. The van der Waals surface area contributed by atoms with Crippen LogP contribution in [0.5, 0.6) is 0 Å². The Hall–Kier alpha value is -0.570. The first-order valence-corrected chi connectivity index (χ1v) is 5.59. The van der Waals surface area contributed by atoms with Gasteiger partial charge in [0.2, 0.25) is 0 Å². The summed E-state index contributed by atoms with van der Waals surface area (Å²) in [7, 11) is 0. The largest absolute Gasteiger partial charge is 0.462 e. The molecule has 3 atom stereocenters. The predicted octanol–water partition coefficient (Wildman–Crippen LogP) is 1.85. The van der Waals surface area contributed by atoms with E-state index < -0.39 is 0 Å². The lowest BCUT2D eigenvalue weighted by Crippen LogP contribution is -2.33. The molecule has 1 fully saturated rings. The minimum absolute atomic E-state index is 0.0423. The minimum atomic E-state index is -0.0468. The summed E-state index contributed by atoms with van der Waals surface area (Å²) in [4.78, 5) is 11.6. The molecular weight excluding hydrogens is 178 g/mol. The second-order valence-corrected chi connectivity index (χ2v) is 4.28. The van der Waals surface area contributed by atoms with Gasteiger partial charge >= 0.3 is 5.97 Å². The molecule has 0 heterocycles. The highest BCUT2D eigenvalue weighted by molar-refractivity contribution is 5.72. The number of ether oxygens (including phenoxy) is 1. The van der Waals surface area contributed by atoms with E-state index in [1.54, 1.807) is 0 Å². The fourth-order valence-corrected chi connectivity index (χ4v) is 1.82. The molecule has 0 aromatic heterocycles. The molecule has 0 saturated heterocycles. The number of rotatable bonds is 3. The lowest BCUT2D eigenvalue weighted by Gasteiger charge is -2.26. The molecule has 1 aliphatic carbocycles. The Morgan fingerprint density at radius 1 is 1.57 bits per heavy atom. The van der Waals surface area contributed by atoms with Gasteiger partial charge in [-0.15, -0.1) is 0 Å². The predicted molar refractivity (Wildman–Crippen MR) is 55.8 cm³/mol. The van der Waals surface area contributed by atoms with Crippen molar-refractivity contribution >= 4 is 5.97 Å². The summed E-state index contributed by atoms with van der Waals surface area (Å²) in [6, 6.07) is 0.193. The summed E-state index contributed by atoms with van der Waals surface area (Å²) < 4.78 is 5.29. The monoisotopic (exact) mass is 199 g/mol. The van der Waals surface area contributed by atoms with Crippen LogP contribution in [0, 0.1) is 5.92 Å². The summed E-state index contributed by atoms with van der Waals surface area (Å²) in [6.45, 7) is 3.95. The fraction of sp³-hybridized carbons (Fsp3) is 0.909. The zero-order valence-electron chi connectivity index (χ0n) is 9.16. The van der Waals surface area contributed by atoms with E-state index in [0.717, 1.165) is 32.1 Å². The van der Waals surface area contributed by atoms with Gasteiger partial charge < -0.3 is 10.5 Å². The van der Waals surface area contributed by atoms with Crippen molar-refractivity contribution in [2.24, 2.45) is 11.7 Å². The van der Waals surface area contributed by atoms with Crippen molar-refractivity contribution in [3.05, 3.63) is 0 Å². The molecular formula is C11H21NO2. The zero-order chi connectivity index (χ0) is 10.6. The van der Waals surface area contributed by atoms with E-state index in [9.17, 15) is 4.79 Å². The molecule has 0 radical (unpaired) electrons. The molecule has 0 bridgehead atoms. The maximum Gasteiger partial charge on any atom is 0.309 e. The first kappa shape index (κ1) is 11.5. The average Bonchev–Trinajstić information content (AvgIpc) is 2.17. The third-order valence-electron chi connectivity index (χ3n) is 2.94. The Morgan fingerprint density at radius 3 is 2.86 bits per heavy atom. The number of hydrogen-bond donors (Lipinski definition) is 1. The van der Waals surface area contributed by atoms with Crippen LogP contribution in [0.3, 0.4) is 0 Å². The second kappa shape index (κ2) is 5.35. The van der Waals surface area contributed by atoms with Crippen LogP contribution >= 0.6 is 0 Å². The van der Waals surface area contributed by atoms with E-state index in [-0.39, 0.29) is 24.0 Å². The molecule has 0 aromatic carbocycles. The van der Waals surface area contributed by atoms with Gasteiger partial charge in [0.05, 0.1) is 12.0 Å². The second-order valence-electron chi connectivity index (χ2n) is 4.28. The molecule has 0 amide bonds. The third-order valence-corrected chi connectivity index (χ3v) is 2.94. The minimum Gasteiger partial charge on any atom is -0.462 e. The van der Waals surface area contributed by atoms with E-state index in [1.807, 2.05) is 13.8 Å². The topological polar surface area (TPSA) is 52.3 Å². The highest BCUT2D eigenvalue weighted by Crippen LogP contribution is 2.24. The van der Waals surface area contributed by atoms with Crippen LogP contribution in [0.1, 0.15) is 46.0 Å². The third kappa shape index (κ3) is 3.29. The van der Waals surface area contributed by atoms with Gasteiger partial charge in [-0.1, -0.05) is 13.3 Å². The van der Waals surface area contributed by atoms with Gasteiger partial charge in [-0.25, -0.2) is 0 Å². The molecule has 2 N–H and O–H groups in total. The molecule has 0 spiro atoms. The molecule has 1 saturated carbocycles. The van der Waals surface area contributed by atoms with Crippen LogP contribution < -0.4 is 5.73 Å². The summed E-state index contributed by atoms with van der Waals surface area (Å²) in [5, 5.41) is 0. The highest BCUT2D eigenvalue weighted by Gasteiger charge is 2.27. The molecule has 0 aromatic rings. The first-order valence-electron chi connectivity index (χ1n) is 5.59. The number of carbonyl (C=O) groups excluding carboxylic acids is 1. The number of esters is 1. The van der Waals surface area contributed by atoms with Crippen molar-refractivity contribution in [2.45, 2.75) is 58.1 Å². The first-order chi connectivity index (χ1) is 6.63. The Morgan fingerprint density at radius 2 is 2.29 bits per heavy atom. The van der Waals surface area contributed by atoms with Crippen molar-refractivity contribution < 1.29 is 9.53 Å². The van der Waals surface area contributed by atoms with Crippen LogP contribution in [-0.2, 0) is 9.53 Å². The number of carbonyl (C=O) groups is 1. The van der Waals surface area contributed by atoms with Crippen LogP contribution in [-0.4, -0.2) is 18.1 Å². The molecule has 3 nitrogen and oxygen atoms in total. The summed E-state index contributed by atoms with van der Waals surface area (Å²) in [5.74, 6) is 0.00208. The maximum absolute atomic E-state index is 11.6. The molecule has 3 unspecified atom stereocenters. The SMILES string of the molecule is CCC(C)OC(=O)C1CCCC(N)C1. The van der Waals surface area contributed by atoms with Crippen molar-refractivity contribution in [1.29, 1.82) is 0 Å². The van der Waals surface area contributed by atoms with Crippen molar-refractivity contribution in [3.63, 3.8) is 0 Å². The van der Waals surface area contributed by atoms with Crippen molar-refractivity contribution in [1.82, 2.24) is 0 Å². The highest BCUT2D eigenvalue weighted by atomic mass is 16.5. The van der Waals surface area contributed by atoms with Gasteiger partial charge in [0, 0.05) is 6.04 Å². The van der Waals surface area contributed by atoms with E-state index in [0.29, 0.717) is 0 Å². The summed E-state index contributed by atoms with van der Waals surface area (Å²) >= 11 is 0. The van der Waals surface area contributed by atoms with Crippen molar-refractivity contribution in [2.75, 3.05) is 0 Å². The quantitative estimate of drug-likeness (QED) is 0.706. The van der Waals surface area contributed by atoms with Crippen LogP contribution in [0.15, 0.2) is 0 Å². The molecule has 3 heteroatoms. The lowest BCUT2D eigenvalue weighted by molar-refractivity contribution is -0.154. The van der Waals surface area contributed by atoms with Crippen LogP contribution in [0.25, 0.3) is 0 Å². The average molecular weight is 199 g/mol. The van der Waals surface area contributed by atoms with Gasteiger partial charge in [0.15, 0.2) is 0 Å². The zero-order valence-corrected chi connectivity index (χ0v) is 9.16. The van der Waals surface area contributed by atoms with Crippen LogP contribution in [0.4, 0.5) is 0 Å². The molecule has 1 rings (SSSR count). The summed E-state index contributed by atoms with van der Waals surface area (Å²) in [6.07, 6.45) is 4.78. The molecule has 0 aliphatic heterocycles. The van der Waals surface area contributed by atoms with Gasteiger partial charge in [-0.2, -0.15) is 0 Å². The van der Waals surface area contributed by atoms with Gasteiger partial charge in [0.1, 0.15) is 0 Å². The summed E-state index contributed by atoms with van der Waals surface area (Å²) in [5.41, 5.74) is 5.82. The number of nitrogens with two attached hydrogens (primary N) is 1. The lowest BCUT2D eigenvalue weighted by atomic mass is 9.86. The van der Waals surface area contributed by atoms with E-state index in [4.69, 9.17) is 10.5 Å². The standard InChI is InChI=1S/C11H21NO2/c1-3-8(2)14-11(13)9-5-4-6-10(12)7-9/h8-10H,3-7,12H2,1-2H3. The number of hydrogen-bond acceptors (Lipinski definition) is 3. The molecule has 82 valence electrons. The Kier molecular flexibility index (Phi) is 4.39. The van der Waals surface area contributed by atoms with E-state index in [1.165, 1.54) is 0 Å². The van der Waals surface area contributed by atoms with Gasteiger partial charge in [-0.05, 0) is 32.6 Å². The van der Waals surface area contributed by atoms with Gasteiger partial charge in [-0.3, -0.25) is 4.79 Å². The Balaban J connectivity index is 2.36. The maximum atomic E-state index is 11.6. The van der Waals surface area contributed by atoms with Gasteiger partial charge in [0.25, 0.3) is 0 Å². The van der Waals surface area contributed by atoms with Crippen LogP contribution in [0.2, 0.25) is 0 Å². The normalized spacial score (nSPS) is 29.6. The fourth-order valence-electron chi connectivity index (χ4n) is 1.82.